The number of rotatable bonds is 7. The van der Waals surface area contributed by atoms with Gasteiger partial charge in [-0.25, -0.2) is 13.2 Å². The highest BCUT2D eigenvalue weighted by molar-refractivity contribution is 7.95. The number of allylic oxidation sites excluding steroid dienone is 1. The van der Waals surface area contributed by atoms with Gasteiger partial charge in [-0.3, -0.25) is 0 Å². The van der Waals surface area contributed by atoms with Crippen molar-refractivity contribution in [1.29, 1.82) is 5.26 Å². The summed E-state index contributed by atoms with van der Waals surface area (Å²) in [6.07, 6.45) is 1.26. The van der Waals surface area contributed by atoms with Gasteiger partial charge < -0.3 is 9.47 Å². The third kappa shape index (κ3) is 5.23. The monoisotopic (exact) mass is 447 g/mol. The molecule has 0 unspecified atom stereocenters. The van der Waals surface area contributed by atoms with E-state index in [1.54, 1.807) is 55.5 Å². The first-order chi connectivity index (χ1) is 15.3. The predicted molar refractivity (Wildman–Crippen MR) is 121 cm³/mol. The molecule has 0 aliphatic carbocycles. The number of carbonyl (C=O) groups is 1. The Bertz CT molecular complexity index is 1310. The molecule has 0 aromatic heterocycles. The van der Waals surface area contributed by atoms with Gasteiger partial charge in [0.2, 0.25) is 9.84 Å². The average Bonchev–Trinajstić information content (AvgIpc) is 2.79. The molecule has 6 nitrogen and oxygen atoms in total. The summed E-state index contributed by atoms with van der Waals surface area (Å²) in [7, 11) is -3.97. The molecular weight excluding hydrogens is 426 g/mol. The third-order valence-corrected chi connectivity index (χ3v) is 6.16. The fourth-order valence-electron chi connectivity index (χ4n) is 2.95. The van der Waals surface area contributed by atoms with Crippen LogP contribution in [0.5, 0.6) is 11.5 Å². The zero-order valence-electron chi connectivity index (χ0n) is 17.6. The second-order valence-corrected chi connectivity index (χ2v) is 8.75. The van der Waals surface area contributed by atoms with E-state index >= 15 is 0 Å². The van der Waals surface area contributed by atoms with E-state index in [0.29, 0.717) is 17.7 Å². The maximum atomic E-state index is 12.8. The lowest BCUT2D eigenvalue weighted by molar-refractivity contribution is 0.0728. The molecule has 32 heavy (non-hydrogen) atoms. The number of ether oxygens (including phenoxy) is 2. The number of nitriles is 1. The van der Waals surface area contributed by atoms with E-state index in [1.165, 1.54) is 30.3 Å². The maximum Gasteiger partial charge on any atom is 0.343 e. The van der Waals surface area contributed by atoms with Gasteiger partial charge in [-0.2, -0.15) is 5.26 Å². The number of aryl methyl sites for hydroxylation is 1. The van der Waals surface area contributed by atoms with Gasteiger partial charge >= 0.3 is 5.97 Å². The fraction of sp³-hybridized carbons (Fsp3) is 0.120. The largest absolute Gasteiger partial charge is 0.490 e. The van der Waals surface area contributed by atoms with Crippen LogP contribution in [-0.4, -0.2) is 21.0 Å². The topological polar surface area (TPSA) is 93.5 Å². The minimum Gasteiger partial charge on any atom is -0.490 e. The molecule has 0 aliphatic rings. The standard InChI is InChI=1S/C25H21NO5S/c1-3-30-24-16-19(15-22(17-26)32(28,29)21-10-5-4-6-11-21)12-13-23(24)31-25(27)20-9-7-8-18(2)14-20/h4-16H,3H2,1-2H3/b22-15+. The summed E-state index contributed by atoms with van der Waals surface area (Å²) in [5, 5.41) is 9.48. The second-order valence-electron chi connectivity index (χ2n) is 6.84. The summed E-state index contributed by atoms with van der Waals surface area (Å²) in [6, 6.07) is 21.1. The van der Waals surface area contributed by atoms with Crippen molar-refractivity contribution >= 4 is 21.9 Å². The molecule has 0 heterocycles. The number of esters is 1. The third-order valence-electron chi connectivity index (χ3n) is 4.48. The fourth-order valence-corrected chi connectivity index (χ4v) is 4.13. The van der Waals surface area contributed by atoms with Gasteiger partial charge in [-0.1, -0.05) is 42.0 Å². The molecule has 0 fully saturated rings. The Balaban J connectivity index is 1.94. The highest BCUT2D eigenvalue weighted by Crippen LogP contribution is 2.31. The molecule has 0 atom stereocenters. The van der Waals surface area contributed by atoms with Crippen LogP contribution in [0.3, 0.4) is 0 Å². The molecule has 0 spiro atoms. The predicted octanol–water partition coefficient (Wildman–Crippen LogP) is 4.95. The smallest absolute Gasteiger partial charge is 0.343 e. The summed E-state index contributed by atoms with van der Waals surface area (Å²) in [5.41, 5.74) is 1.74. The molecule has 0 aliphatic heterocycles. The minimum atomic E-state index is -3.97. The molecule has 3 rings (SSSR count). The summed E-state index contributed by atoms with van der Waals surface area (Å²) >= 11 is 0. The highest BCUT2D eigenvalue weighted by Gasteiger charge is 2.21. The minimum absolute atomic E-state index is 0.0292. The van der Waals surface area contributed by atoms with Gasteiger partial charge in [0.1, 0.15) is 11.0 Å². The molecule has 0 saturated heterocycles. The number of nitrogens with zero attached hydrogens (tertiary/aromatic N) is 1. The Morgan fingerprint density at radius 1 is 1.00 bits per heavy atom. The summed E-state index contributed by atoms with van der Waals surface area (Å²) < 4.78 is 36.6. The molecule has 0 amide bonds. The van der Waals surface area contributed by atoms with Crippen molar-refractivity contribution < 1.29 is 22.7 Å². The van der Waals surface area contributed by atoms with Crippen LogP contribution in [0.4, 0.5) is 0 Å². The van der Waals surface area contributed by atoms with Crippen molar-refractivity contribution in [1.82, 2.24) is 0 Å². The van der Waals surface area contributed by atoms with Gasteiger partial charge in [0.15, 0.2) is 11.5 Å². The molecule has 0 radical (unpaired) electrons. The number of hydrogen-bond donors (Lipinski definition) is 0. The van der Waals surface area contributed by atoms with Crippen LogP contribution < -0.4 is 9.47 Å². The lowest BCUT2D eigenvalue weighted by Crippen LogP contribution is -2.10. The van der Waals surface area contributed by atoms with Crippen LogP contribution in [0.15, 0.2) is 82.6 Å². The van der Waals surface area contributed by atoms with Crippen molar-refractivity contribution in [3.05, 3.63) is 94.4 Å². The first kappa shape index (κ1) is 22.8. The maximum absolute atomic E-state index is 12.8. The Kier molecular flexibility index (Phi) is 7.08. The Morgan fingerprint density at radius 3 is 2.41 bits per heavy atom. The van der Waals surface area contributed by atoms with Crippen LogP contribution in [0.2, 0.25) is 0 Å². The quantitative estimate of drug-likeness (QED) is 0.289. The van der Waals surface area contributed by atoms with E-state index in [9.17, 15) is 18.5 Å². The van der Waals surface area contributed by atoms with Crippen LogP contribution >= 0.6 is 0 Å². The second kappa shape index (κ2) is 9.94. The van der Waals surface area contributed by atoms with Crippen molar-refractivity contribution in [3.8, 4) is 17.6 Å². The zero-order chi connectivity index (χ0) is 23.1. The number of carbonyl (C=O) groups excluding carboxylic acids is 1. The lowest BCUT2D eigenvalue weighted by atomic mass is 10.1. The Hall–Kier alpha value is -3.89. The number of hydrogen-bond acceptors (Lipinski definition) is 6. The van der Waals surface area contributed by atoms with Crippen LogP contribution in [0.25, 0.3) is 6.08 Å². The SMILES string of the molecule is CCOc1cc(/C=C(\C#N)S(=O)(=O)c2ccccc2)ccc1OC(=O)c1cccc(C)c1. The van der Waals surface area contributed by atoms with Crippen LogP contribution in [0, 0.1) is 18.3 Å². The van der Waals surface area contributed by atoms with E-state index in [0.717, 1.165) is 5.56 Å². The molecular formula is C25H21NO5S. The highest BCUT2D eigenvalue weighted by atomic mass is 32.2. The summed E-state index contributed by atoms with van der Waals surface area (Å²) in [6.45, 7) is 3.95. The van der Waals surface area contributed by atoms with Crippen molar-refractivity contribution in [2.45, 2.75) is 18.7 Å². The molecule has 0 bridgehead atoms. The first-order valence-corrected chi connectivity index (χ1v) is 11.3. The van der Waals surface area contributed by atoms with Gasteiger partial charge in [0.25, 0.3) is 0 Å². The summed E-state index contributed by atoms with van der Waals surface area (Å²) in [4.78, 5) is 12.1. The number of benzene rings is 3. The van der Waals surface area contributed by atoms with E-state index in [-0.39, 0.29) is 16.4 Å². The van der Waals surface area contributed by atoms with Crippen molar-refractivity contribution in [3.63, 3.8) is 0 Å². The van der Waals surface area contributed by atoms with E-state index < -0.39 is 20.7 Å². The van der Waals surface area contributed by atoms with Crippen LogP contribution in [0.1, 0.15) is 28.4 Å². The molecule has 3 aromatic rings. The van der Waals surface area contributed by atoms with Gasteiger partial charge in [0.05, 0.1) is 17.1 Å². The Labute approximate surface area is 187 Å². The van der Waals surface area contributed by atoms with Gasteiger partial charge in [0, 0.05) is 0 Å². The first-order valence-electron chi connectivity index (χ1n) is 9.82. The number of sulfone groups is 1. The van der Waals surface area contributed by atoms with Gasteiger partial charge in [-0.05, 0) is 61.9 Å². The van der Waals surface area contributed by atoms with E-state index in [1.807, 2.05) is 13.0 Å². The Morgan fingerprint density at radius 2 is 1.75 bits per heavy atom. The van der Waals surface area contributed by atoms with Crippen molar-refractivity contribution in [2.75, 3.05) is 6.61 Å². The molecule has 7 heteroatoms. The van der Waals surface area contributed by atoms with Crippen molar-refractivity contribution in [2.24, 2.45) is 0 Å². The van der Waals surface area contributed by atoms with Crippen LogP contribution in [-0.2, 0) is 9.84 Å². The zero-order valence-corrected chi connectivity index (χ0v) is 18.4. The molecule has 0 saturated carbocycles. The summed E-state index contributed by atoms with van der Waals surface area (Å²) in [5.74, 6) is -0.0844. The normalized spacial score (nSPS) is 11.5. The van der Waals surface area contributed by atoms with E-state index in [4.69, 9.17) is 9.47 Å². The molecule has 3 aromatic carbocycles. The van der Waals surface area contributed by atoms with E-state index in [2.05, 4.69) is 0 Å². The van der Waals surface area contributed by atoms with Gasteiger partial charge in [-0.15, -0.1) is 0 Å². The molecule has 162 valence electrons. The lowest BCUT2D eigenvalue weighted by Gasteiger charge is -2.12. The average molecular weight is 448 g/mol. The molecule has 0 N–H and O–H groups in total.